The standard InChI is InChI=1S/C11H16N2O2/c1-9-5-11(12-15-9)7-13-4-2-3-10(6-13)8-14/h5,8,10H,2-4,6-7H2,1H3. The Morgan fingerprint density at radius 1 is 1.73 bits per heavy atom. The largest absolute Gasteiger partial charge is 0.361 e. The van der Waals surface area contributed by atoms with Crippen LogP contribution < -0.4 is 0 Å². The van der Waals surface area contributed by atoms with Crippen LogP contribution in [0.3, 0.4) is 0 Å². The van der Waals surface area contributed by atoms with Gasteiger partial charge in [-0.05, 0) is 26.3 Å². The number of hydrogen-bond acceptors (Lipinski definition) is 4. The van der Waals surface area contributed by atoms with Gasteiger partial charge in [-0.15, -0.1) is 0 Å². The molecule has 2 rings (SSSR count). The summed E-state index contributed by atoms with van der Waals surface area (Å²) in [5.74, 6) is 1.04. The molecule has 4 nitrogen and oxygen atoms in total. The summed E-state index contributed by atoms with van der Waals surface area (Å²) >= 11 is 0. The zero-order valence-corrected chi connectivity index (χ0v) is 8.98. The Morgan fingerprint density at radius 3 is 3.27 bits per heavy atom. The molecule has 4 heteroatoms. The normalized spacial score (nSPS) is 22.9. The van der Waals surface area contributed by atoms with Gasteiger partial charge in [0.05, 0.1) is 5.69 Å². The van der Waals surface area contributed by atoms with Crippen LogP contribution in [-0.4, -0.2) is 29.4 Å². The van der Waals surface area contributed by atoms with Crippen molar-refractivity contribution in [2.24, 2.45) is 5.92 Å². The molecule has 15 heavy (non-hydrogen) atoms. The topological polar surface area (TPSA) is 46.3 Å². The minimum atomic E-state index is 0.201. The van der Waals surface area contributed by atoms with Crippen molar-refractivity contribution >= 4 is 6.29 Å². The van der Waals surface area contributed by atoms with Crippen molar-refractivity contribution in [2.75, 3.05) is 13.1 Å². The number of aryl methyl sites for hydroxylation is 1. The zero-order valence-electron chi connectivity index (χ0n) is 8.98. The number of carbonyl (C=O) groups excluding carboxylic acids is 1. The molecule has 0 aromatic carbocycles. The van der Waals surface area contributed by atoms with Gasteiger partial charge in [-0.3, -0.25) is 4.90 Å². The van der Waals surface area contributed by atoms with Crippen LogP contribution in [0.1, 0.15) is 24.3 Å². The molecule has 1 aliphatic heterocycles. The summed E-state index contributed by atoms with van der Waals surface area (Å²) < 4.78 is 5.01. The first kappa shape index (κ1) is 10.4. The second-order valence-electron chi connectivity index (χ2n) is 4.20. The molecular weight excluding hydrogens is 192 g/mol. The Labute approximate surface area is 89.2 Å². The maximum absolute atomic E-state index is 10.7. The molecule has 1 unspecified atom stereocenters. The van der Waals surface area contributed by atoms with Gasteiger partial charge in [0.15, 0.2) is 0 Å². The summed E-state index contributed by atoms with van der Waals surface area (Å²) in [6.07, 6.45) is 3.19. The first-order chi connectivity index (χ1) is 7.28. The molecule has 2 heterocycles. The highest BCUT2D eigenvalue weighted by atomic mass is 16.5. The average molecular weight is 208 g/mol. The van der Waals surface area contributed by atoms with E-state index in [0.717, 1.165) is 50.2 Å². The number of nitrogens with zero attached hydrogens (tertiary/aromatic N) is 2. The summed E-state index contributed by atoms with van der Waals surface area (Å²) in [7, 11) is 0. The quantitative estimate of drug-likeness (QED) is 0.704. The van der Waals surface area contributed by atoms with Crippen LogP contribution in [-0.2, 0) is 11.3 Å². The number of likely N-dealkylation sites (tertiary alicyclic amines) is 1. The summed E-state index contributed by atoms with van der Waals surface area (Å²) in [4.78, 5) is 13.0. The molecule has 0 spiro atoms. The van der Waals surface area contributed by atoms with E-state index in [0.29, 0.717) is 0 Å². The SMILES string of the molecule is Cc1cc(CN2CCCC(C=O)C2)no1. The number of carbonyl (C=O) groups is 1. The lowest BCUT2D eigenvalue weighted by molar-refractivity contribution is -0.112. The molecule has 0 radical (unpaired) electrons. The van der Waals surface area contributed by atoms with Gasteiger partial charge in [-0.2, -0.15) is 0 Å². The monoisotopic (exact) mass is 208 g/mol. The average Bonchev–Trinajstić information content (AvgIpc) is 2.64. The first-order valence-corrected chi connectivity index (χ1v) is 5.38. The van der Waals surface area contributed by atoms with Crippen LogP contribution >= 0.6 is 0 Å². The van der Waals surface area contributed by atoms with Crippen molar-refractivity contribution in [3.8, 4) is 0 Å². The highest BCUT2D eigenvalue weighted by Crippen LogP contribution is 2.16. The smallest absolute Gasteiger partial charge is 0.133 e. The fourth-order valence-electron chi connectivity index (χ4n) is 2.07. The Kier molecular flexibility index (Phi) is 3.16. The molecule has 1 aromatic rings. The molecule has 1 aromatic heterocycles. The predicted octanol–water partition coefficient (Wildman–Crippen LogP) is 1.39. The Balaban J connectivity index is 1.91. The van der Waals surface area contributed by atoms with E-state index < -0.39 is 0 Å². The zero-order chi connectivity index (χ0) is 10.7. The lowest BCUT2D eigenvalue weighted by atomic mass is 10.00. The van der Waals surface area contributed by atoms with Crippen molar-refractivity contribution < 1.29 is 9.32 Å². The molecule has 1 aliphatic rings. The van der Waals surface area contributed by atoms with Crippen molar-refractivity contribution in [1.82, 2.24) is 10.1 Å². The molecular formula is C11H16N2O2. The van der Waals surface area contributed by atoms with Crippen LogP contribution in [0.5, 0.6) is 0 Å². The third-order valence-corrected chi connectivity index (χ3v) is 2.80. The lowest BCUT2D eigenvalue weighted by Crippen LogP contribution is -2.35. The summed E-state index contributed by atoms with van der Waals surface area (Å²) in [6, 6.07) is 1.95. The molecule has 0 amide bonds. The molecule has 0 N–H and O–H groups in total. The first-order valence-electron chi connectivity index (χ1n) is 5.38. The number of rotatable bonds is 3. The van der Waals surface area contributed by atoms with E-state index in [2.05, 4.69) is 10.1 Å². The molecule has 1 saturated heterocycles. The molecule has 1 atom stereocenters. The number of aromatic nitrogens is 1. The molecule has 82 valence electrons. The van der Waals surface area contributed by atoms with Gasteiger partial charge < -0.3 is 9.32 Å². The minimum absolute atomic E-state index is 0.201. The van der Waals surface area contributed by atoms with Gasteiger partial charge in [0.25, 0.3) is 0 Å². The van der Waals surface area contributed by atoms with Gasteiger partial charge in [-0.1, -0.05) is 5.16 Å². The number of hydrogen-bond donors (Lipinski definition) is 0. The van der Waals surface area contributed by atoms with Crippen LogP contribution in [0.25, 0.3) is 0 Å². The van der Waals surface area contributed by atoms with E-state index in [4.69, 9.17) is 4.52 Å². The van der Waals surface area contributed by atoms with Crippen LogP contribution in [0, 0.1) is 12.8 Å². The Bertz CT molecular complexity index is 335. The Hall–Kier alpha value is -1.16. The fraction of sp³-hybridized carbons (Fsp3) is 0.636. The van der Waals surface area contributed by atoms with Gasteiger partial charge in [0.1, 0.15) is 12.0 Å². The molecule has 0 aliphatic carbocycles. The van der Waals surface area contributed by atoms with Gasteiger partial charge >= 0.3 is 0 Å². The lowest BCUT2D eigenvalue weighted by Gasteiger charge is -2.29. The van der Waals surface area contributed by atoms with Crippen molar-refractivity contribution in [2.45, 2.75) is 26.3 Å². The highest BCUT2D eigenvalue weighted by Gasteiger charge is 2.19. The summed E-state index contributed by atoms with van der Waals surface area (Å²) in [5, 5.41) is 3.96. The van der Waals surface area contributed by atoms with E-state index >= 15 is 0 Å². The third-order valence-electron chi connectivity index (χ3n) is 2.80. The second-order valence-corrected chi connectivity index (χ2v) is 4.20. The van der Waals surface area contributed by atoms with E-state index in [9.17, 15) is 4.79 Å². The maximum atomic E-state index is 10.7. The van der Waals surface area contributed by atoms with Crippen LogP contribution in [0.4, 0.5) is 0 Å². The van der Waals surface area contributed by atoms with Gasteiger partial charge in [0.2, 0.25) is 0 Å². The molecule has 0 bridgehead atoms. The van der Waals surface area contributed by atoms with Crippen LogP contribution in [0.2, 0.25) is 0 Å². The minimum Gasteiger partial charge on any atom is -0.361 e. The van der Waals surface area contributed by atoms with Crippen molar-refractivity contribution in [1.29, 1.82) is 0 Å². The van der Waals surface area contributed by atoms with E-state index in [-0.39, 0.29) is 5.92 Å². The number of aldehydes is 1. The summed E-state index contributed by atoms with van der Waals surface area (Å²) in [5.41, 5.74) is 0.957. The fourth-order valence-corrected chi connectivity index (χ4v) is 2.07. The summed E-state index contributed by atoms with van der Waals surface area (Å²) in [6.45, 7) is 4.59. The van der Waals surface area contributed by atoms with E-state index in [1.807, 2.05) is 13.0 Å². The number of piperidine rings is 1. The van der Waals surface area contributed by atoms with Crippen molar-refractivity contribution in [3.05, 3.63) is 17.5 Å². The predicted molar refractivity (Wildman–Crippen MR) is 55.3 cm³/mol. The van der Waals surface area contributed by atoms with E-state index in [1.165, 1.54) is 0 Å². The molecule has 0 saturated carbocycles. The maximum Gasteiger partial charge on any atom is 0.133 e. The second kappa shape index (κ2) is 4.57. The molecule has 1 fully saturated rings. The van der Waals surface area contributed by atoms with Crippen LogP contribution in [0.15, 0.2) is 10.6 Å². The van der Waals surface area contributed by atoms with E-state index in [1.54, 1.807) is 0 Å². The van der Waals surface area contributed by atoms with Gasteiger partial charge in [-0.25, -0.2) is 0 Å². The van der Waals surface area contributed by atoms with Crippen molar-refractivity contribution in [3.63, 3.8) is 0 Å². The van der Waals surface area contributed by atoms with Gasteiger partial charge in [0, 0.05) is 25.1 Å². The highest BCUT2D eigenvalue weighted by molar-refractivity contribution is 5.53. The Morgan fingerprint density at radius 2 is 2.60 bits per heavy atom. The third kappa shape index (κ3) is 2.65.